The highest BCUT2D eigenvalue weighted by molar-refractivity contribution is 5.90. The Hall–Kier alpha value is -3.27. The molecule has 0 radical (unpaired) electrons. The zero-order valence-electron chi connectivity index (χ0n) is 15.8. The van der Waals surface area contributed by atoms with Crippen molar-refractivity contribution in [3.8, 4) is 11.4 Å². The van der Waals surface area contributed by atoms with Crippen molar-refractivity contribution < 1.29 is 4.39 Å². The molecule has 0 spiro atoms. The number of nitrogens with zero attached hydrogens (tertiary/aromatic N) is 2. The minimum absolute atomic E-state index is 0.215. The second-order valence-electron chi connectivity index (χ2n) is 6.96. The Kier molecular flexibility index (Phi) is 5.29. The average Bonchev–Trinajstić information content (AvgIpc) is 2.73. The predicted molar refractivity (Wildman–Crippen MR) is 113 cm³/mol. The number of aryl methyl sites for hydroxylation is 1. The number of halogens is 1. The molecule has 4 rings (SSSR count). The Bertz CT molecular complexity index is 1080. The second-order valence-corrected chi connectivity index (χ2v) is 6.96. The summed E-state index contributed by atoms with van der Waals surface area (Å²) in [4.78, 5) is 9.24. The number of rotatable bonds is 6. The van der Waals surface area contributed by atoms with Crippen molar-refractivity contribution in [1.82, 2.24) is 9.97 Å². The molecule has 28 heavy (non-hydrogen) atoms. The monoisotopic (exact) mass is 371 g/mol. The van der Waals surface area contributed by atoms with Crippen molar-refractivity contribution in [1.29, 1.82) is 0 Å². The number of fused-ring (bicyclic) bond motifs is 1. The van der Waals surface area contributed by atoms with E-state index in [0.717, 1.165) is 29.6 Å². The van der Waals surface area contributed by atoms with Gasteiger partial charge >= 0.3 is 0 Å². The summed E-state index contributed by atoms with van der Waals surface area (Å²) in [5.74, 6) is 0.819. The molecule has 1 N–H and O–H groups in total. The lowest BCUT2D eigenvalue weighted by Gasteiger charge is -2.17. The summed E-state index contributed by atoms with van der Waals surface area (Å²) in [6, 6.07) is 25.1. The molecule has 0 aliphatic carbocycles. The van der Waals surface area contributed by atoms with Crippen LogP contribution in [0.2, 0.25) is 0 Å². The molecular weight excluding hydrogens is 349 g/mol. The van der Waals surface area contributed by atoms with Crippen molar-refractivity contribution in [2.24, 2.45) is 0 Å². The van der Waals surface area contributed by atoms with Crippen LogP contribution in [0.15, 0.2) is 78.9 Å². The minimum atomic E-state index is -0.319. The quantitative estimate of drug-likeness (QED) is 0.461. The van der Waals surface area contributed by atoms with Crippen LogP contribution in [0, 0.1) is 5.82 Å². The SMILES string of the molecule is C[C@@H](CCc1ccccc1)Nc1nc(-c2ccccc2F)nc2ccccc12. The standard InChI is InChI=1S/C24H22FN3/c1-17(15-16-18-9-3-2-4-10-18)26-24-20-12-6-8-14-22(20)27-23(28-24)19-11-5-7-13-21(19)25/h2-14,17H,15-16H2,1H3,(H,26,27,28)/t17-/m0/s1. The molecule has 0 saturated carbocycles. The van der Waals surface area contributed by atoms with Gasteiger partial charge in [0.1, 0.15) is 11.6 Å². The lowest BCUT2D eigenvalue weighted by atomic mass is 10.1. The Morgan fingerprint density at radius 3 is 2.39 bits per heavy atom. The number of para-hydroxylation sites is 1. The van der Waals surface area contributed by atoms with Crippen LogP contribution in [-0.4, -0.2) is 16.0 Å². The molecule has 0 bridgehead atoms. The van der Waals surface area contributed by atoms with E-state index in [-0.39, 0.29) is 11.9 Å². The first-order chi connectivity index (χ1) is 13.7. The Labute approximate surface area is 164 Å². The Morgan fingerprint density at radius 2 is 1.57 bits per heavy atom. The van der Waals surface area contributed by atoms with Gasteiger partial charge < -0.3 is 5.32 Å². The molecular formula is C24H22FN3. The molecule has 1 atom stereocenters. The van der Waals surface area contributed by atoms with Crippen molar-refractivity contribution in [2.75, 3.05) is 5.32 Å². The number of hydrogen-bond donors (Lipinski definition) is 1. The molecule has 0 unspecified atom stereocenters. The van der Waals surface area contributed by atoms with E-state index in [2.05, 4.69) is 46.5 Å². The zero-order chi connectivity index (χ0) is 19.3. The largest absolute Gasteiger partial charge is 0.367 e. The number of anilines is 1. The molecule has 0 aliphatic rings. The van der Waals surface area contributed by atoms with E-state index < -0.39 is 0 Å². The summed E-state index contributed by atoms with van der Waals surface area (Å²) < 4.78 is 14.3. The normalized spacial score (nSPS) is 12.1. The molecule has 3 aromatic carbocycles. The van der Waals surface area contributed by atoms with Crippen LogP contribution >= 0.6 is 0 Å². The van der Waals surface area contributed by atoms with E-state index in [1.54, 1.807) is 18.2 Å². The van der Waals surface area contributed by atoms with E-state index in [0.29, 0.717) is 11.4 Å². The fraction of sp³-hybridized carbons (Fsp3) is 0.167. The maximum absolute atomic E-state index is 14.3. The first-order valence-electron chi connectivity index (χ1n) is 9.53. The maximum atomic E-state index is 14.3. The van der Waals surface area contributed by atoms with Gasteiger partial charge in [-0.2, -0.15) is 0 Å². The molecule has 4 aromatic rings. The lowest BCUT2D eigenvalue weighted by molar-refractivity contribution is 0.630. The van der Waals surface area contributed by atoms with Gasteiger partial charge in [-0.25, -0.2) is 14.4 Å². The summed E-state index contributed by atoms with van der Waals surface area (Å²) in [5.41, 5.74) is 2.53. The third-order valence-corrected chi connectivity index (χ3v) is 4.81. The topological polar surface area (TPSA) is 37.8 Å². The van der Waals surface area contributed by atoms with Crippen LogP contribution < -0.4 is 5.32 Å². The molecule has 0 amide bonds. The van der Waals surface area contributed by atoms with Gasteiger partial charge in [0.25, 0.3) is 0 Å². The van der Waals surface area contributed by atoms with Gasteiger partial charge in [0.2, 0.25) is 0 Å². The first-order valence-corrected chi connectivity index (χ1v) is 9.53. The molecule has 140 valence electrons. The molecule has 1 heterocycles. The van der Waals surface area contributed by atoms with Gasteiger partial charge in [-0.15, -0.1) is 0 Å². The van der Waals surface area contributed by atoms with Crippen LogP contribution in [0.5, 0.6) is 0 Å². The number of hydrogen-bond acceptors (Lipinski definition) is 3. The number of aromatic nitrogens is 2. The fourth-order valence-electron chi connectivity index (χ4n) is 3.28. The maximum Gasteiger partial charge on any atom is 0.165 e. The van der Waals surface area contributed by atoms with Gasteiger partial charge in [-0.1, -0.05) is 54.6 Å². The van der Waals surface area contributed by atoms with Crippen LogP contribution in [0.1, 0.15) is 18.9 Å². The fourth-order valence-corrected chi connectivity index (χ4v) is 3.28. The van der Waals surface area contributed by atoms with Crippen LogP contribution in [-0.2, 0) is 6.42 Å². The van der Waals surface area contributed by atoms with Crippen LogP contribution in [0.25, 0.3) is 22.3 Å². The molecule has 0 saturated heterocycles. The van der Waals surface area contributed by atoms with Crippen molar-refractivity contribution in [2.45, 2.75) is 25.8 Å². The highest BCUT2D eigenvalue weighted by Crippen LogP contribution is 2.27. The lowest BCUT2D eigenvalue weighted by Crippen LogP contribution is -2.17. The molecule has 0 fully saturated rings. The molecule has 4 heteroatoms. The van der Waals surface area contributed by atoms with Gasteiger partial charge in [0, 0.05) is 11.4 Å². The smallest absolute Gasteiger partial charge is 0.165 e. The van der Waals surface area contributed by atoms with E-state index in [1.165, 1.54) is 11.6 Å². The third kappa shape index (κ3) is 4.01. The van der Waals surface area contributed by atoms with E-state index in [4.69, 9.17) is 0 Å². The minimum Gasteiger partial charge on any atom is -0.367 e. The highest BCUT2D eigenvalue weighted by Gasteiger charge is 2.13. The van der Waals surface area contributed by atoms with Gasteiger partial charge in [-0.3, -0.25) is 0 Å². The highest BCUT2D eigenvalue weighted by atomic mass is 19.1. The predicted octanol–water partition coefficient (Wildman–Crippen LogP) is 5.87. The summed E-state index contributed by atoms with van der Waals surface area (Å²) in [6.45, 7) is 2.14. The number of nitrogens with one attached hydrogen (secondary N) is 1. The molecule has 0 aliphatic heterocycles. The average molecular weight is 371 g/mol. The van der Waals surface area contributed by atoms with Crippen LogP contribution in [0.3, 0.4) is 0 Å². The molecule has 1 aromatic heterocycles. The Morgan fingerprint density at radius 1 is 0.857 bits per heavy atom. The Balaban J connectivity index is 1.63. The number of benzene rings is 3. The van der Waals surface area contributed by atoms with Gasteiger partial charge in [0.05, 0.1) is 11.1 Å². The van der Waals surface area contributed by atoms with Gasteiger partial charge in [-0.05, 0) is 49.6 Å². The molecule has 3 nitrogen and oxygen atoms in total. The summed E-state index contributed by atoms with van der Waals surface area (Å²) >= 11 is 0. The van der Waals surface area contributed by atoms with Crippen molar-refractivity contribution in [3.63, 3.8) is 0 Å². The summed E-state index contributed by atoms with van der Waals surface area (Å²) in [7, 11) is 0. The van der Waals surface area contributed by atoms with E-state index in [1.807, 2.05) is 30.3 Å². The third-order valence-electron chi connectivity index (χ3n) is 4.81. The first kappa shape index (κ1) is 18.1. The van der Waals surface area contributed by atoms with Crippen molar-refractivity contribution >= 4 is 16.7 Å². The summed E-state index contributed by atoms with van der Waals surface area (Å²) in [6.07, 6.45) is 1.95. The zero-order valence-corrected chi connectivity index (χ0v) is 15.8. The van der Waals surface area contributed by atoms with Gasteiger partial charge in [0.15, 0.2) is 5.82 Å². The second kappa shape index (κ2) is 8.17. The van der Waals surface area contributed by atoms with E-state index >= 15 is 0 Å². The summed E-state index contributed by atoms with van der Waals surface area (Å²) in [5, 5.41) is 4.45. The van der Waals surface area contributed by atoms with Crippen LogP contribution in [0.4, 0.5) is 10.2 Å². The van der Waals surface area contributed by atoms with E-state index in [9.17, 15) is 4.39 Å². The van der Waals surface area contributed by atoms with Crippen molar-refractivity contribution in [3.05, 3.63) is 90.2 Å².